The predicted molar refractivity (Wildman–Crippen MR) is 116 cm³/mol. The molecule has 2 heterocycles. The summed E-state index contributed by atoms with van der Waals surface area (Å²) in [4.78, 5) is 32.7. The molecule has 7 nitrogen and oxygen atoms in total. The predicted octanol–water partition coefficient (Wildman–Crippen LogP) is 3.25. The molecule has 0 aliphatic rings. The molecule has 30 heavy (non-hydrogen) atoms. The summed E-state index contributed by atoms with van der Waals surface area (Å²) in [7, 11) is 3.45. The molecule has 0 spiro atoms. The monoisotopic (exact) mass is 405 g/mol. The minimum absolute atomic E-state index is 0.0428. The average Bonchev–Trinajstić information content (AvgIpc) is 3.09. The Morgan fingerprint density at radius 3 is 2.13 bits per heavy atom. The van der Waals surface area contributed by atoms with Crippen molar-refractivity contribution in [2.45, 2.75) is 27.3 Å². The van der Waals surface area contributed by atoms with Gasteiger partial charge in [-0.2, -0.15) is 5.10 Å². The normalized spacial score (nSPS) is 10.7. The molecule has 0 saturated heterocycles. The van der Waals surface area contributed by atoms with Crippen molar-refractivity contribution in [2.75, 3.05) is 20.6 Å². The van der Waals surface area contributed by atoms with Crippen molar-refractivity contribution in [3.8, 4) is 5.82 Å². The van der Waals surface area contributed by atoms with Crippen LogP contribution in [0.3, 0.4) is 0 Å². The molecule has 0 N–H and O–H groups in total. The van der Waals surface area contributed by atoms with Gasteiger partial charge in [0.1, 0.15) is 0 Å². The number of nitrogens with zero attached hydrogens (tertiary/aromatic N) is 5. The number of aromatic nitrogens is 3. The summed E-state index contributed by atoms with van der Waals surface area (Å²) >= 11 is 0. The van der Waals surface area contributed by atoms with Crippen LogP contribution < -0.4 is 0 Å². The zero-order chi connectivity index (χ0) is 21.8. The fourth-order valence-corrected chi connectivity index (χ4v) is 3.24. The maximum Gasteiger partial charge on any atom is 0.255 e. The van der Waals surface area contributed by atoms with E-state index < -0.39 is 0 Å². The highest BCUT2D eigenvalue weighted by Gasteiger charge is 2.16. The summed E-state index contributed by atoms with van der Waals surface area (Å²) in [5.41, 5.74) is 4.03. The third kappa shape index (κ3) is 4.56. The fourth-order valence-electron chi connectivity index (χ4n) is 3.24. The van der Waals surface area contributed by atoms with Crippen molar-refractivity contribution in [1.29, 1.82) is 0 Å². The van der Waals surface area contributed by atoms with Gasteiger partial charge >= 0.3 is 0 Å². The van der Waals surface area contributed by atoms with E-state index in [4.69, 9.17) is 0 Å². The molecule has 0 aliphatic carbocycles. The number of amides is 2. The molecule has 0 atom stereocenters. The summed E-state index contributed by atoms with van der Waals surface area (Å²) in [5, 5.41) is 4.42. The third-order valence-corrected chi connectivity index (χ3v) is 4.87. The Balaban J connectivity index is 1.73. The summed E-state index contributed by atoms with van der Waals surface area (Å²) in [5.74, 6) is 0.554. The highest BCUT2D eigenvalue weighted by molar-refractivity contribution is 5.94. The minimum atomic E-state index is -0.0848. The number of carbonyl (C=O) groups excluding carboxylic acids is 2. The number of carbonyl (C=O) groups is 2. The molecular weight excluding hydrogens is 378 g/mol. The van der Waals surface area contributed by atoms with Gasteiger partial charge in [-0.1, -0.05) is 12.1 Å². The van der Waals surface area contributed by atoms with E-state index in [1.165, 1.54) is 0 Å². The van der Waals surface area contributed by atoms with E-state index in [0.29, 0.717) is 30.0 Å². The number of hydrogen-bond donors (Lipinski definition) is 0. The van der Waals surface area contributed by atoms with E-state index in [1.807, 2.05) is 45.0 Å². The van der Waals surface area contributed by atoms with Crippen LogP contribution in [0.1, 0.15) is 44.6 Å². The van der Waals surface area contributed by atoms with Gasteiger partial charge in [0, 0.05) is 44.6 Å². The van der Waals surface area contributed by atoms with Gasteiger partial charge in [-0.15, -0.1) is 0 Å². The third-order valence-electron chi connectivity index (χ3n) is 4.87. The van der Waals surface area contributed by atoms with Crippen molar-refractivity contribution < 1.29 is 9.59 Å². The number of aryl methyl sites for hydroxylation is 2. The maximum absolute atomic E-state index is 13.0. The molecule has 0 radical (unpaired) electrons. The lowest BCUT2D eigenvalue weighted by Crippen LogP contribution is -2.30. The highest BCUT2D eigenvalue weighted by Crippen LogP contribution is 2.14. The number of rotatable bonds is 6. The molecule has 3 aromatic rings. The Kier molecular flexibility index (Phi) is 6.30. The largest absolute Gasteiger partial charge is 0.345 e. The summed E-state index contributed by atoms with van der Waals surface area (Å²) < 4.78 is 1.76. The van der Waals surface area contributed by atoms with Crippen LogP contribution in [0.25, 0.3) is 5.82 Å². The van der Waals surface area contributed by atoms with Crippen molar-refractivity contribution >= 4 is 11.8 Å². The van der Waals surface area contributed by atoms with Gasteiger partial charge in [0.25, 0.3) is 11.8 Å². The molecule has 2 aromatic heterocycles. The zero-order valence-electron chi connectivity index (χ0n) is 18.1. The van der Waals surface area contributed by atoms with E-state index in [1.54, 1.807) is 53.0 Å². The van der Waals surface area contributed by atoms with Gasteiger partial charge < -0.3 is 9.80 Å². The van der Waals surface area contributed by atoms with Gasteiger partial charge in [0.15, 0.2) is 5.82 Å². The van der Waals surface area contributed by atoms with Gasteiger partial charge in [0.05, 0.1) is 11.3 Å². The first-order chi connectivity index (χ1) is 14.3. The van der Waals surface area contributed by atoms with Crippen LogP contribution in [-0.2, 0) is 6.54 Å². The standard InChI is InChI=1S/C23H27N5O2/c1-6-27(15-18-7-9-19(10-8-18)22(29)26(4)5)23(30)20-11-12-21(24-14-20)28-17(3)13-16(2)25-28/h7-14H,6,15H2,1-5H3. The Hall–Kier alpha value is -3.48. The molecule has 0 bridgehead atoms. The topological polar surface area (TPSA) is 71.3 Å². The molecular formula is C23H27N5O2. The lowest BCUT2D eigenvalue weighted by Gasteiger charge is -2.21. The molecule has 1 aromatic carbocycles. The van der Waals surface area contributed by atoms with E-state index in [0.717, 1.165) is 17.0 Å². The van der Waals surface area contributed by atoms with Crippen LogP contribution in [0.2, 0.25) is 0 Å². The van der Waals surface area contributed by atoms with Gasteiger partial charge in [0.2, 0.25) is 0 Å². The average molecular weight is 406 g/mol. The van der Waals surface area contributed by atoms with Crippen molar-refractivity contribution in [3.05, 3.63) is 76.7 Å². The van der Waals surface area contributed by atoms with Crippen molar-refractivity contribution in [3.63, 3.8) is 0 Å². The molecule has 0 fully saturated rings. The van der Waals surface area contributed by atoms with E-state index in [-0.39, 0.29) is 11.8 Å². The van der Waals surface area contributed by atoms with Crippen LogP contribution in [-0.4, -0.2) is 57.0 Å². The Morgan fingerprint density at radius 2 is 1.63 bits per heavy atom. The molecule has 7 heteroatoms. The summed E-state index contributed by atoms with van der Waals surface area (Å²) in [6, 6.07) is 12.9. The second-order valence-electron chi connectivity index (χ2n) is 7.46. The Bertz CT molecular complexity index is 1040. The fraction of sp³-hybridized carbons (Fsp3) is 0.304. The van der Waals surface area contributed by atoms with Crippen LogP contribution in [0.4, 0.5) is 0 Å². The minimum Gasteiger partial charge on any atom is -0.345 e. The van der Waals surface area contributed by atoms with Crippen molar-refractivity contribution in [1.82, 2.24) is 24.6 Å². The maximum atomic E-state index is 13.0. The van der Waals surface area contributed by atoms with E-state index in [2.05, 4.69) is 10.1 Å². The first kappa shape index (κ1) is 21.2. The number of pyridine rings is 1. The summed E-state index contributed by atoms with van der Waals surface area (Å²) in [6.45, 7) is 6.88. The van der Waals surface area contributed by atoms with Crippen LogP contribution in [0, 0.1) is 13.8 Å². The smallest absolute Gasteiger partial charge is 0.255 e. The SMILES string of the molecule is CCN(Cc1ccc(C(=O)N(C)C)cc1)C(=O)c1ccc(-n2nc(C)cc2C)nc1. The number of benzene rings is 1. The quantitative estimate of drug-likeness (QED) is 0.631. The first-order valence-corrected chi connectivity index (χ1v) is 9.89. The Morgan fingerprint density at radius 1 is 0.967 bits per heavy atom. The van der Waals surface area contributed by atoms with Gasteiger partial charge in [-0.25, -0.2) is 9.67 Å². The van der Waals surface area contributed by atoms with Gasteiger partial charge in [-0.3, -0.25) is 9.59 Å². The van der Waals surface area contributed by atoms with Crippen LogP contribution in [0.15, 0.2) is 48.7 Å². The van der Waals surface area contributed by atoms with E-state index in [9.17, 15) is 9.59 Å². The second-order valence-corrected chi connectivity index (χ2v) is 7.46. The Labute approximate surface area is 176 Å². The lowest BCUT2D eigenvalue weighted by molar-refractivity contribution is 0.0751. The molecule has 3 rings (SSSR count). The second kappa shape index (κ2) is 8.90. The molecule has 0 aliphatic heterocycles. The first-order valence-electron chi connectivity index (χ1n) is 9.89. The molecule has 0 saturated carbocycles. The van der Waals surface area contributed by atoms with Crippen LogP contribution >= 0.6 is 0 Å². The molecule has 156 valence electrons. The van der Waals surface area contributed by atoms with E-state index >= 15 is 0 Å². The molecule has 2 amide bonds. The highest BCUT2D eigenvalue weighted by atomic mass is 16.2. The van der Waals surface area contributed by atoms with Gasteiger partial charge in [-0.05, 0) is 56.7 Å². The number of hydrogen-bond acceptors (Lipinski definition) is 4. The van der Waals surface area contributed by atoms with Crippen LogP contribution in [0.5, 0.6) is 0 Å². The van der Waals surface area contributed by atoms with Crippen molar-refractivity contribution in [2.24, 2.45) is 0 Å². The molecule has 0 unspecified atom stereocenters. The summed E-state index contributed by atoms with van der Waals surface area (Å²) in [6.07, 6.45) is 1.59. The zero-order valence-corrected chi connectivity index (χ0v) is 18.1. The lowest BCUT2D eigenvalue weighted by atomic mass is 10.1.